The average Bonchev–Trinajstić information content (AvgIpc) is 2.62. The largest absolute Gasteiger partial charge is 0.449 e. The molecule has 0 saturated heterocycles. The predicted molar refractivity (Wildman–Crippen MR) is 97.7 cm³/mol. The molecule has 0 saturated carbocycles. The van der Waals surface area contributed by atoms with E-state index in [4.69, 9.17) is 16.3 Å². The number of esters is 1. The Bertz CT molecular complexity index is 825. The summed E-state index contributed by atoms with van der Waals surface area (Å²) in [6.07, 6.45) is 1.51. The molecule has 142 valence electrons. The molecule has 0 unspecified atom stereocenters. The summed E-state index contributed by atoms with van der Waals surface area (Å²) in [5.41, 5.74) is 0.982. The van der Waals surface area contributed by atoms with Crippen LogP contribution in [0.3, 0.4) is 0 Å². The maximum atomic E-state index is 12.1. The van der Waals surface area contributed by atoms with Gasteiger partial charge in [-0.05, 0) is 42.8 Å². The van der Waals surface area contributed by atoms with Gasteiger partial charge in [-0.15, -0.1) is 0 Å². The molecule has 5 nitrogen and oxygen atoms in total. The Labute approximate surface area is 159 Å². The summed E-state index contributed by atoms with van der Waals surface area (Å²) in [6.45, 7) is -1.48. The summed E-state index contributed by atoms with van der Waals surface area (Å²) >= 11 is 5.95. The van der Waals surface area contributed by atoms with Crippen molar-refractivity contribution in [2.75, 3.05) is 5.32 Å². The molecule has 0 bridgehead atoms. The Balaban J connectivity index is 1.87. The van der Waals surface area contributed by atoms with E-state index in [9.17, 15) is 18.4 Å². The van der Waals surface area contributed by atoms with E-state index in [0.717, 1.165) is 6.08 Å². The van der Waals surface area contributed by atoms with Gasteiger partial charge in [-0.3, -0.25) is 4.79 Å². The highest BCUT2D eigenvalue weighted by Gasteiger charge is 2.17. The van der Waals surface area contributed by atoms with Crippen LogP contribution in [-0.2, 0) is 14.3 Å². The number of benzene rings is 2. The molecule has 1 atom stereocenters. The first-order valence-electron chi connectivity index (χ1n) is 7.84. The van der Waals surface area contributed by atoms with Crippen LogP contribution in [0.25, 0.3) is 6.08 Å². The molecule has 0 aliphatic rings. The van der Waals surface area contributed by atoms with E-state index in [0.29, 0.717) is 16.3 Å². The fraction of sp³-hybridized carbons (Fsp3) is 0.158. The van der Waals surface area contributed by atoms with Crippen molar-refractivity contribution in [1.82, 2.24) is 0 Å². The van der Waals surface area contributed by atoms with E-state index < -0.39 is 24.6 Å². The standard InChI is InChI=1S/C19H16ClF2NO4/c1-12(18(25)23-16-5-3-2-4-15(16)20)26-17(24)11-8-13-6-9-14(10-7-13)27-19(21)22/h2-12,19H,1H3,(H,23,25)/b11-8+/t12-/m1/s1. The zero-order chi connectivity index (χ0) is 19.8. The van der Waals surface area contributed by atoms with Gasteiger partial charge in [0.25, 0.3) is 5.91 Å². The summed E-state index contributed by atoms with van der Waals surface area (Å²) in [5, 5.41) is 2.93. The molecular weight excluding hydrogens is 380 g/mol. The monoisotopic (exact) mass is 395 g/mol. The van der Waals surface area contributed by atoms with E-state index in [-0.39, 0.29) is 5.75 Å². The molecule has 2 aromatic rings. The third-order valence-electron chi connectivity index (χ3n) is 3.31. The molecule has 2 aromatic carbocycles. The van der Waals surface area contributed by atoms with Crippen molar-refractivity contribution in [1.29, 1.82) is 0 Å². The Morgan fingerprint density at radius 2 is 1.78 bits per heavy atom. The molecule has 1 amide bonds. The first-order valence-corrected chi connectivity index (χ1v) is 8.22. The maximum Gasteiger partial charge on any atom is 0.387 e. The SMILES string of the molecule is C[C@@H](OC(=O)/C=C/c1ccc(OC(F)F)cc1)C(=O)Nc1ccccc1Cl. The predicted octanol–water partition coefficient (Wildman–Crippen LogP) is 4.53. The Morgan fingerprint density at radius 3 is 2.41 bits per heavy atom. The van der Waals surface area contributed by atoms with E-state index in [1.54, 1.807) is 24.3 Å². The topological polar surface area (TPSA) is 64.6 Å². The third kappa shape index (κ3) is 6.71. The van der Waals surface area contributed by atoms with Gasteiger partial charge >= 0.3 is 12.6 Å². The minimum atomic E-state index is -2.90. The van der Waals surface area contributed by atoms with Crippen molar-refractivity contribution in [3.8, 4) is 5.75 Å². The number of para-hydroxylation sites is 1. The van der Waals surface area contributed by atoms with Gasteiger partial charge in [-0.2, -0.15) is 8.78 Å². The van der Waals surface area contributed by atoms with Gasteiger partial charge in [0.2, 0.25) is 0 Å². The second-order valence-electron chi connectivity index (χ2n) is 5.33. The number of nitrogens with one attached hydrogen (secondary N) is 1. The summed E-state index contributed by atoms with van der Waals surface area (Å²) in [6, 6.07) is 12.3. The normalized spacial score (nSPS) is 12.0. The van der Waals surface area contributed by atoms with E-state index in [1.807, 2.05) is 0 Å². The molecule has 0 radical (unpaired) electrons. The second kappa shape index (κ2) is 9.68. The Kier molecular flexibility index (Phi) is 7.31. The Hall–Kier alpha value is -2.93. The smallest absolute Gasteiger partial charge is 0.387 e. The number of alkyl halides is 2. The lowest BCUT2D eigenvalue weighted by molar-refractivity contribution is -0.148. The fourth-order valence-corrected chi connectivity index (χ4v) is 2.17. The molecule has 0 spiro atoms. The van der Waals surface area contributed by atoms with Crippen LogP contribution >= 0.6 is 11.6 Å². The van der Waals surface area contributed by atoms with Crippen molar-refractivity contribution in [3.05, 3.63) is 65.2 Å². The number of carbonyl (C=O) groups excluding carboxylic acids is 2. The zero-order valence-electron chi connectivity index (χ0n) is 14.2. The van der Waals surface area contributed by atoms with Gasteiger partial charge in [-0.25, -0.2) is 4.79 Å². The maximum absolute atomic E-state index is 12.1. The highest BCUT2D eigenvalue weighted by molar-refractivity contribution is 6.33. The van der Waals surface area contributed by atoms with Gasteiger partial charge in [0.15, 0.2) is 6.10 Å². The molecule has 0 aromatic heterocycles. The van der Waals surface area contributed by atoms with E-state index in [2.05, 4.69) is 10.1 Å². The summed E-state index contributed by atoms with van der Waals surface area (Å²) in [7, 11) is 0. The van der Waals surface area contributed by atoms with Crippen molar-refractivity contribution in [3.63, 3.8) is 0 Å². The van der Waals surface area contributed by atoms with Crippen LogP contribution in [0.15, 0.2) is 54.6 Å². The number of ether oxygens (including phenoxy) is 2. The molecule has 0 heterocycles. The fourth-order valence-electron chi connectivity index (χ4n) is 1.99. The lowest BCUT2D eigenvalue weighted by Gasteiger charge is -2.13. The van der Waals surface area contributed by atoms with Crippen molar-refractivity contribution < 1.29 is 27.8 Å². The molecule has 0 aliphatic heterocycles. The van der Waals surface area contributed by atoms with Gasteiger partial charge in [-0.1, -0.05) is 35.9 Å². The average molecular weight is 396 g/mol. The molecule has 0 aliphatic carbocycles. The molecule has 2 rings (SSSR count). The molecule has 0 fully saturated rings. The molecule has 8 heteroatoms. The number of rotatable bonds is 7. The Morgan fingerprint density at radius 1 is 1.11 bits per heavy atom. The highest BCUT2D eigenvalue weighted by Crippen LogP contribution is 2.20. The van der Waals surface area contributed by atoms with Gasteiger partial charge < -0.3 is 14.8 Å². The van der Waals surface area contributed by atoms with Crippen LogP contribution in [0, 0.1) is 0 Å². The van der Waals surface area contributed by atoms with Crippen LogP contribution in [0.5, 0.6) is 5.75 Å². The van der Waals surface area contributed by atoms with Gasteiger partial charge in [0.05, 0.1) is 10.7 Å². The molecule has 1 N–H and O–H groups in total. The number of hydrogen-bond donors (Lipinski definition) is 1. The van der Waals surface area contributed by atoms with Crippen molar-refractivity contribution in [2.45, 2.75) is 19.6 Å². The summed E-state index contributed by atoms with van der Waals surface area (Å²) < 4.78 is 33.4. The highest BCUT2D eigenvalue weighted by atomic mass is 35.5. The quantitative estimate of drug-likeness (QED) is 0.552. The van der Waals surface area contributed by atoms with Crippen LogP contribution < -0.4 is 10.1 Å². The van der Waals surface area contributed by atoms with Crippen molar-refractivity contribution >= 4 is 35.2 Å². The van der Waals surface area contributed by atoms with Crippen LogP contribution in [0.2, 0.25) is 5.02 Å². The number of halogens is 3. The molecular formula is C19H16ClF2NO4. The number of carbonyl (C=O) groups is 2. The third-order valence-corrected chi connectivity index (χ3v) is 3.64. The van der Waals surface area contributed by atoms with Gasteiger partial charge in [0, 0.05) is 6.08 Å². The van der Waals surface area contributed by atoms with Gasteiger partial charge in [0.1, 0.15) is 5.75 Å². The van der Waals surface area contributed by atoms with Crippen molar-refractivity contribution in [2.24, 2.45) is 0 Å². The minimum Gasteiger partial charge on any atom is -0.449 e. The summed E-state index contributed by atoms with van der Waals surface area (Å²) in [5.74, 6) is -1.25. The lowest BCUT2D eigenvalue weighted by Crippen LogP contribution is -2.29. The number of anilines is 1. The first kappa shape index (κ1) is 20.4. The van der Waals surface area contributed by atoms with E-state index in [1.165, 1.54) is 37.3 Å². The minimum absolute atomic E-state index is 0.00888. The van der Waals surface area contributed by atoms with Crippen LogP contribution in [-0.4, -0.2) is 24.6 Å². The zero-order valence-corrected chi connectivity index (χ0v) is 15.0. The van der Waals surface area contributed by atoms with Crippen LogP contribution in [0.1, 0.15) is 12.5 Å². The number of amides is 1. The van der Waals surface area contributed by atoms with Crippen LogP contribution in [0.4, 0.5) is 14.5 Å². The first-order chi connectivity index (χ1) is 12.8. The van der Waals surface area contributed by atoms with E-state index >= 15 is 0 Å². The molecule has 27 heavy (non-hydrogen) atoms. The number of hydrogen-bond acceptors (Lipinski definition) is 4. The second-order valence-corrected chi connectivity index (χ2v) is 5.74. The summed E-state index contributed by atoms with van der Waals surface area (Å²) in [4.78, 5) is 23.9. The lowest BCUT2D eigenvalue weighted by atomic mass is 10.2.